The van der Waals surface area contributed by atoms with Crippen LogP contribution in [0, 0.1) is 5.82 Å². The lowest BCUT2D eigenvalue weighted by atomic mass is 10.3. The van der Waals surface area contributed by atoms with E-state index in [1.54, 1.807) is 24.3 Å². The monoisotopic (exact) mass is 423 g/mol. The standard InChI is InChI=1S/C21H18FN5O4/c1-25-19-18(20(29)26(2)21(25)30)27(12-23-19)11-17(28)24-14-5-9-16(10-6-14)31-15-7-3-13(22)4-8-15/h3-10,12H,11H2,1-2H3,(H,24,28). The molecule has 0 fully saturated rings. The molecular weight excluding hydrogens is 405 g/mol. The molecule has 4 rings (SSSR count). The Hall–Kier alpha value is -4.21. The number of amides is 1. The molecule has 2 heterocycles. The van der Waals surface area contributed by atoms with Crippen molar-refractivity contribution in [2.45, 2.75) is 6.54 Å². The van der Waals surface area contributed by atoms with Crippen LogP contribution in [0.25, 0.3) is 11.2 Å². The lowest BCUT2D eigenvalue weighted by Gasteiger charge is -2.09. The number of ether oxygens (including phenoxy) is 1. The van der Waals surface area contributed by atoms with E-state index in [1.807, 2.05) is 0 Å². The highest BCUT2D eigenvalue weighted by Gasteiger charge is 2.16. The van der Waals surface area contributed by atoms with Gasteiger partial charge in [0.05, 0.1) is 6.33 Å². The van der Waals surface area contributed by atoms with Crippen LogP contribution in [0.3, 0.4) is 0 Å². The maximum absolute atomic E-state index is 13.0. The fourth-order valence-corrected chi connectivity index (χ4v) is 3.12. The first kappa shape index (κ1) is 20.1. The number of nitrogens with zero attached hydrogens (tertiary/aromatic N) is 4. The fourth-order valence-electron chi connectivity index (χ4n) is 3.12. The van der Waals surface area contributed by atoms with E-state index < -0.39 is 11.2 Å². The second kappa shape index (κ2) is 7.90. The van der Waals surface area contributed by atoms with Gasteiger partial charge in [-0.05, 0) is 48.5 Å². The molecule has 0 saturated heterocycles. The number of aromatic nitrogens is 4. The maximum atomic E-state index is 13.0. The van der Waals surface area contributed by atoms with E-state index in [9.17, 15) is 18.8 Å². The first-order valence-electron chi connectivity index (χ1n) is 9.27. The Kier molecular flexibility index (Phi) is 5.12. The fraction of sp³-hybridized carbons (Fsp3) is 0.143. The Morgan fingerprint density at radius 2 is 1.61 bits per heavy atom. The molecule has 0 unspecified atom stereocenters. The number of hydrogen-bond donors (Lipinski definition) is 1. The second-order valence-corrected chi connectivity index (χ2v) is 6.88. The van der Waals surface area contributed by atoms with Crippen molar-refractivity contribution < 1.29 is 13.9 Å². The summed E-state index contributed by atoms with van der Waals surface area (Å²) in [6.07, 6.45) is 1.35. The van der Waals surface area contributed by atoms with E-state index in [2.05, 4.69) is 10.3 Å². The number of halogens is 1. The zero-order valence-electron chi connectivity index (χ0n) is 16.7. The molecule has 0 bridgehead atoms. The lowest BCUT2D eigenvalue weighted by molar-refractivity contribution is -0.116. The number of aryl methyl sites for hydroxylation is 1. The summed E-state index contributed by atoms with van der Waals surface area (Å²) < 4.78 is 22.2. The molecule has 0 aliphatic rings. The van der Waals surface area contributed by atoms with Gasteiger partial charge in [0, 0.05) is 19.8 Å². The van der Waals surface area contributed by atoms with Crippen LogP contribution >= 0.6 is 0 Å². The minimum atomic E-state index is -0.523. The van der Waals surface area contributed by atoms with Gasteiger partial charge in [-0.3, -0.25) is 18.7 Å². The average Bonchev–Trinajstić information content (AvgIpc) is 3.17. The molecule has 1 N–H and O–H groups in total. The van der Waals surface area contributed by atoms with E-state index in [-0.39, 0.29) is 29.4 Å². The predicted molar refractivity (Wildman–Crippen MR) is 112 cm³/mol. The van der Waals surface area contributed by atoms with Crippen molar-refractivity contribution in [2.24, 2.45) is 14.1 Å². The highest BCUT2D eigenvalue weighted by molar-refractivity contribution is 5.91. The number of anilines is 1. The van der Waals surface area contributed by atoms with Crippen LogP contribution in [-0.4, -0.2) is 24.6 Å². The highest BCUT2D eigenvalue weighted by atomic mass is 19.1. The normalized spacial score (nSPS) is 10.9. The van der Waals surface area contributed by atoms with Gasteiger partial charge >= 0.3 is 5.69 Å². The molecule has 0 atom stereocenters. The minimum absolute atomic E-state index is 0.155. The molecule has 0 radical (unpaired) electrons. The number of carbonyl (C=O) groups is 1. The summed E-state index contributed by atoms with van der Waals surface area (Å²) in [4.78, 5) is 41.0. The molecular formula is C21H18FN5O4. The van der Waals surface area contributed by atoms with Gasteiger partial charge in [0.1, 0.15) is 23.9 Å². The van der Waals surface area contributed by atoms with Crippen LogP contribution in [-0.2, 0) is 25.4 Å². The van der Waals surface area contributed by atoms with Gasteiger partial charge < -0.3 is 14.6 Å². The summed E-state index contributed by atoms with van der Waals surface area (Å²) in [6.45, 7) is -0.155. The topological polar surface area (TPSA) is 100 Å². The van der Waals surface area contributed by atoms with Gasteiger partial charge in [0.2, 0.25) is 5.91 Å². The van der Waals surface area contributed by atoms with Crippen molar-refractivity contribution in [3.05, 3.63) is 81.5 Å². The Labute approximate surface area is 174 Å². The van der Waals surface area contributed by atoms with Gasteiger partial charge in [0.15, 0.2) is 11.2 Å². The number of fused-ring (bicyclic) bond motifs is 1. The number of imidazole rings is 1. The molecule has 158 valence electrons. The zero-order valence-corrected chi connectivity index (χ0v) is 16.7. The largest absolute Gasteiger partial charge is 0.457 e. The van der Waals surface area contributed by atoms with Crippen LogP contribution in [0.2, 0.25) is 0 Å². The summed E-state index contributed by atoms with van der Waals surface area (Å²) in [5.41, 5.74) is -0.104. The first-order valence-corrected chi connectivity index (χ1v) is 9.27. The van der Waals surface area contributed by atoms with E-state index in [1.165, 1.54) is 53.8 Å². The Bertz CT molecular complexity index is 1390. The third kappa shape index (κ3) is 3.95. The molecule has 0 aliphatic heterocycles. The third-order valence-corrected chi connectivity index (χ3v) is 4.72. The van der Waals surface area contributed by atoms with Crippen molar-refractivity contribution in [3.63, 3.8) is 0 Å². The second-order valence-electron chi connectivity index (χ2n) is 6.88. The van der Waals surface area contributed by atoms with Gasteiger partial charge in [-0.15, -0.1) is 0 Å². The Morgan fingerprint density at radius 3 is 2.26 bits per heavy atom. The molecule has 1 amide bonds. The van der Waals surface area contributed by atoms with E-state index >= 15 is 0 Å². The molecule has 4 aromatic rings. The zero-order chi connectivity index (χ0) is 22.1. The molecule has 0 spiro atoms. The van der Waals surface area contributed by atoms with Gasteiger partial charge in [-0.2, -0.15) is 0 Å². The predicted octanol–water partition coefficient (Wildman–Crippen LogP) is 2.00. The van der Waals surface area contributed by atoms with Crippen LogP contribution < -0.4 is 21.3 Å². The lowest BCUT2D eigenvalue weighted by Crippen LogP contribution is -2.37. The third-order valence-electron chi connectivity index (χ3n) is 4.72. The quantitative estimate of drug-likeness (QED) is 0.529. The molecule has 2 aromatic carbocycles. The molecule has 10 heteroatoms. The van der Waals surface area contributed by atoms with Crippen LogP contribution in [0.1, 0.15) is 0 Å². The van der Waals surface area contributed by atoms with E-state index in [4.69, 9.17) is 4.74 Å². The van der Waals surface area contributed by atoms with Gasteiger partial charge in [0.25, 0.3) is 5.56 Å². The van der Waals surface area contributed by atoms with Crippen LogP contribution in [0.15, 0.2) is 64.4 Å². The number of hydrogen-bond acceptors (Lipinski definition) is 5. The number of nitrogens with one attached hydrogen (secondary N) is 1. The van der Waals surface area contributed by atoms with Crippen molar-refractivity contribution in [2.75, 3.05) is 5.32 Å². The molecule has 31 heavy (non-hydrogen) atoms. The van der Waals surface area contributed by atoms with Crippen LogP contribution in [0.5, 0.6) is 11.5 Å². The molecule has 0 aliphatic carbocycles. The molecule has 0 saturated carbocycles. The molecule has 2 aromatic heterocycles. The summed E-state index contributed by atoms with van der Waals surface area (Å²) in [5, 5.41) is 2.73. The van der Waals surface area contributed by atoms with E-state index in [0.29, 0.717) is 17.2 Å². The average molecular weight is 423 g/mol. The summed E-state index contributed by atoms with van der Waals surface area (Å²) in [7, 11) is 2.88. The van der Waals surface area contributed by atoms with Crippen molar-refractivity contribution in [1.82, 2.24) is 18.7 Å². The highest BCUT2D eigenvalue weighted by Crippen LogP contribution is 2.23. The van der Waals surface area contributed by atoms with E-state index in [0.717, 1.165) is 4.57 Å². The smallest absolute Gasteiger partial charge is 0.332 e. The Morgan fingerprint density at radius 1 is 1.00 bits per heavy atom. The Balaban J connectivity index is 1.47. The maximum Gasteiger partial charge on any atom is 0.332 e. The van der Waals surface area contributed by atoms with Crippen molar-refractivity contribution in [1.29, 1.82) is 0 Å². The summed E-state index contributed by atoms with van der Waals surface area (Å²) >= 11 is 0. The summed E-state index contributed by atoms with van der Waals surface area (Å²) in [5.74, 6) is 0.286. The number of benzene rings is 2. The number of rotatable bonds is 5. The van der Waals surface area contributed by atoms with Gasteiger partial charge in [-0.25, -0.2) is 14.2 Å². The van der Waals surface area contributed by atoms with Crippen molar-refractivity contribution >= 4 is 22.8 Å². The molecule has 9 nitrogen and oxygen atoms in total. The SMILES string of the molecule is Cn1c(=O)c2c(ncn2CC(=O)Nc2ccc(Oc3ccc(F)cc3)cc2)n(C)c1=O. The number of carbonyl (C=O) groups excluding carboxylic acids is 1. The van der Waals surface area contributed by atoms with Crippen molar-refractivity contribution in [3.8, 4) is 11.5 Å². The summed E-state index contributed by atoms with van der Waals surface area (Å²) in [6, 6.07) is 12.3. The van der Waals surface area contributed by atoms with Gasteiger partial charge in [-0.1, -0.05) is 0 Å². The first-order chi connectivity index (χ1) is 14.8. The minimum Gasteiger partial charge on any atom is -0.457 e. The van der Waals surface area contributed by atoms with Crippen LogP contribution in [0.4, 0.5) is 10.1 Å².